The second-order valence-electron chi connectivity index (χ2n) is 1.34. The van der Waals surface area contributed by atoms with E-state index in [2.05, 4.69) is 0 Å². The molecule has 0 amide bonds. The highest BCUT2D eigenvalue weighted by molar-refractivity contribution is 7.38. The van der Waals surface area contributed by atoms with Crippen LogP contribution in [-0.4, -0.2) is 13.3 Å². The summed E-state index contributed by atoms with van der Waals surface area (Å²) in [7, 11) is -1.65. The highest BCUT2D eigenvalue weighted by Gasteiger charge is 1.83. The molecule has 0 aliphatic rings. The summed E-state index contributed by atoms with van der Waals surface area (Å²) >= 11 is 0. The van der Waals surface area contributed by atoms with Gasteiger partial charge in [0.1, 0.15) is 0 Å². The zero-order valence-corrected chi connectivity index (χ0v) is 5.73. The molecule has 44 valence electrons. The fourth-order valence-electron chi connectivity index (χ4n) is 0.246. The Morgan fingerprint density at radius 2 is 2.29 bits per heavy atom. The standard InChI is InChI=1S/C4H11O2P/c1-3-4-6-7(2)5/h7H,3-4H2,1-2H3. The smallest absolute Gasteiger partial charge is 0.188 e. The Hall–Kier alpha value is 0.190. The lowest BCUT2D eigenvalue weighted by Gasteiger charge is -1.92. The molecule has 0 N–H and O–H groups in total. The fraction of sp³-hybridized carbons (Fsp3) is 1.00. The van der Waals surface area contributed by atoms with Crippen molar-refractivity contribution in [1.29, 1.82) is 0 Å². The minimum Gasteiger partial charge on any atom is -0.331 e. The van der Waals surface area contributed by atoms with E-state index >= 15 is 0 Å². The molecule has 0 radical (unpaired) electrons. The van der Waals surface area contributed by atoms with Gasteiger partial charge in [0.25, 0.3) is 0 Å². The van der Waals surface area contributed by atoms with Crippen LogP contribution < -0.4 is 0 Å². The van der Waals surface area contributed by atoms with Gasteiger partial charge in [0.15, 0.2) is 8.03 Å². The van der Waals surface area contributed by atoms with E-state index in [9.17, 15) is 4.57 Å². The number of hydrogen-bond donors (Lipinski definition) is 0. The summed E-state index contributed by atoms with van der Waals surface area (Å²) < 4.78 is 14.9. The van der Waals surface area contributed by atoms with Crippen LogP contribution in [0.2, 0.25) is 0 Å². The normalized spacial score (nSPS) is 14.0. The van der Waals surface area contributed by atoms with Crippen molar-refractivity contribution in [3.8, 4) is 0 Å². The molecule has 0 bridgehead atoms. The monoisotopic (exact) mass is 122 g/mol. The minimum atomic E-state index is -1.65. The third kappa shape index (κ3) is 6.19. The van der Waals surface area contributed by atoms with Gasteiger partial charge in [-0.05, 0) is 6.42 Å². The van der Waals surface area contributed by atoms with Crippen LogP contribution in [0.3, 0.4) is 0 Å². The van der Waals surface area contributed by atoms with Gasteiger partial charge in [0.05, 0.1) is 6.61 Å². The van der Waals surface area contributed by atoms with E-state index in [1.54, 1.807) is 6.66 Å². The third-order valence-electron chi connectivity index (χ3n) is 0.509. The zero-order valence-electron chi connectivity index (χ0n) is 4.73. The average molecular weight is 122 g/mol. The lowest BCUT2D eigenvalue weighted by Crippen LogP contribution is -1.79. The van der Waals surface area contributed by atoms with Crippen LogP contribution in [0.4, 0.5) is 0 Å². The first-order valence-corrected chi connectivity index (χ1v) is 4.22. The van der Waals surface area contributed by atoms with Crippen molar-refractivity contribution in [3.63, 3.8) is 0 Å². The van der Waals surface area contributed by atoms with Crippen molar-refractivity contribution in [3.05, 3.63) is 0 Å². The number of rotatable bonds is 3. The summed E-state index contributed by atoms with van der Waals surface area (Å²) in [5.74, 6) is 0. The van der Waals surface area contributed by atoms with E-state index in [1.165, 1.54) is 0 Å². The van der Waals surface area contributed by atoms with Gasteiger partial charge in [-0.3, -0.25) is 4.57 Å². The molecule has 0 aromatic rings. The van der Waals surface area contributed by atoms with Crippen LogP contribution in [0, 0.1) is 0 Å². The van der Waals surface area contributed by atoms with Crippen LogP contribution in [-0.2, 0) is 9.09 Å². The van der Waals surface area contributed by atoms with E-state index in [1.807, 2.05) is 6.92 Å². The number of hydrogen-bond acceptors (Lipinski definition) is 2. The first-order valence-electron chi connectivity index (χ1n) is 2.40. The highest BCUT2D eigenvalue weighted by Crippen LogP contribution is 2.14. The van der Waals surface area contributed by atoms with Crippen molar-refractivity contribution in [1.82, 2.24) is 0 Å². The van der Waals surface area contributed by atoms with Gasteiger partial charge in [-0.15, -0.1) is 0 Å². The summed E-state index contributed by atoms with van der Waals surface area (Å²) in [6.45, 7) is 4.22. The Kier molecular flexibility index (Phi) is 4.47. The molecule has 0 aliphatic carbocycles. The molecule has 7 heavy (non-hydrogen) atoms. The van der Waals surface area contributed by atoms with E-state index in [4.69, 9.17) is 4.52 Å². The predicted octanol–water partition coefficient (Wildman–Crippen LogP) is 1.52. The second kappa shape index (κ2) is 4.35. The molecule has 0 heterocycles. The quantitative estimate of drug-likeness (QED) is 0.530. The van der Waals surface area contributed by atoms with Crippen molar-refractivity contribution >= 4 is 8.03 Å². The van der Waals surface area contributed by atoms with Crippen molar-refractivity contribution in [2.45, 2.75) is 13.3 Å². The average Bonchev–Trinajstić information content (AvgIpc) is 1.61. The summed E-state index contributed by atoms with van der Waals surface area (Å²) in [4.78, 5) is 0. The molecule has 0 aliphatic heterocycles. The maximum Gasteiger partial charge on any atom is 0.188 e. The van der Waals surface area contributed by atoms with Gasteiger partial charge in [-0.1, -0.05) is 6.92 Å². The van der Waals surface area contributed by atoms with Crippen molar-refractivity contribution < 1.29 is 9.09 Å². The van der Waals surface area contributed by atoms with Gasteiger partial charge in [0, 0.05) is 6.66 Å². The van der Waals surface area contributed by atoms with Crippen molar-refractivity contribution in [2.24, 2.45) is 0 Å². The molecule has 0 saturated heterocycles. The largest absolute Gasteiger partial charge is 0.331 e. The SMILES string of the molecule is CCCO[PH](C)=O. The van der Waals surface area contributed by atoms with Gasteiger partial charge in [-0.25, -0.2) is 0 Å². The van der Waals surface area contributed by atoms with Crippen molar-refractivity contribution in [2.75, 3.05) is 13.3 Å². The molecule has 0 spiro atoms. The lowest BCUT2D eigenvalue weighted by atomic mass is 10.5. The van der Waals surface area contributed by atoms with Crippen LogP contribution >= 0.6 is 8.03 Å². The molecule has 0 saturated carbocycles. The van der Waals surface area contributed by atoms with Gasteiger partial charge >= 0.3 is 0 Å². The molecule has 2 nitrogen and oxygen atoms in total. The molecule has 0 aromatic heterocycles. The van der Waals surface area contributed by atoms with Crippen LogP contribution in [0.5, 0.6) is 0 Å². The van der Waals surface area contributed by atoms with Gasteiger partial charge in [-0.2, -0.15) is 0 Å². The molecule has 3 heteroatoms. The summed E-state index contributed by atoms with van der Waals surface area (Å²) in [6, 6.07) is 0. The van der Waals surface area contributed by atoms with Crippen LogP contribution in [0.1, 0.15) is 13.3 Å². The topological polar surface area (TPSA) is 26.3 Å². The second-order valence-corrected chi connectivity index (χ2v) is 2.61. The maximum absolute atomic E-state index is 10.2. The fourth-order valence-corrected chi connectivity index (χ4v) is 0.737. The lowest BCUT2D eigenvalue weighted by molar-refractivity contribution is 0.332. The Morgan fingerprint density at radius 3 is 2.43 bits per heavy atom. The molecular weight excluding hydrogens is 111 g/mol. The van der Waals surface area contributed by atoms with E-state index < -0.39 is 8.03 Å². The van der Waals surface area contributed by atoms with Gasteiger partial charge < -0.3 is 4.52 Å². The third-order valence-corrected chi connectivity index (χ3v) is 1.12. The van der Waals surface area contributed by atoms with Crippen LogP contribution in [0.15, 0.2) is 0 Å². The molecule has 1 unspecified atom stereocenters. The van der Waals surface area contributed by atoms with Gasteiger partial charge in [0.2, 0.25) is 0 Å². The van der Waals surface area contributed by atoms with E-state index in [-0.39, 0.29) is 0 Å². The van der Waals surface area contributed by atoms with Crippen LogP contribution in [0.25, 0.3) is 0 Å². The zero-order chi connectivity index (χ0) is 5.70. The first-order chi connectivity index (χ1) is 3.27. The Morgan fingerprint density at radius 1 is 1.71 bits per heavy atom. The molecule has 0 rings (SSSR count). The summed E-state index contributed by atoms with van der Waals surface area (Å²) in [5, 5.41) is 0. The first kappa shape index (κ1) is 7.19. The van der Waals surface area contributed by atoms with E-state index in [0.717, 1.165) is 6.42 Å². The molecule has 1 atom stereocenters. The van der Waals surface area contributed by atoms with E-state index in [0.29, 0.717) is 6.61 Å². The Labute approximate surface area is 44.7 Å². The Bertz CT molecular complexity index is 62.7. The Balaban J connectivity index is 2.82. The molecular formula is C4H11O2P. The molecule has 0 fully saturated rings. The summed E-state index contributed by atoms with van der Waals surface area (Å²) in [6.07, 6.45) is 0.949. The maximum atomic E-state index is 10.2. The summed E-state index contributed by atoms with van der Waals surface area (Å²) in [5.41, 5.74) is 0. The highest BCUT2D eigenvalue weighted by atomic mass is 31.1. The molecule has 0 aromatic carbocycles. The predicted molar refractivity (Wildman–Crippen MR) is 31.2 cm³/mol. The minimum absolute atomic E-state index is 0.633.